The Kier molecular flexibility index (Phi) is 5.81. The molecule has 1 aliphatic rings. The Balaban J connectivity index is 1.35. The minimum atomic E-state index is 0.486. The molecule has 1 aliphatic heterocycles. The summed E-state index contributed by atoms with van der Waals surface area (Å²) < 4.78 is 17.8. The lowest BCUT2D eigenvalue weighted by atomic mass is 10.0. The van der Waals surface area contributed by atoms with Crippen molar-refractivity contribution < 1.29 is 14.2 Å². The van der Waals surface area contributed by atoms with Crippen molar-refractivity contribution in [3.8, 4) is 23.1 Å². The molecule has 0 aliphatic carbocycles. The topological polar surface area (TPSA) is 81.3 Å². The van der Waals surface area contributed by atoms with Crippen LogP contribution in [0.25, 0.3) is 21.8 Å². The monoisotopic (exact) mass is 432 g/mol. The normalized spacial score (nSPS) is 16.0. The van der Waals surface area contributed by atoms with E-state index >= 15 is 0 Å². The zero-order valence-corrected chi connectivity index (χ0v) is 18.5. The first-order valence-electron chi connectivity index (χ1n) is 11.1. The highest BCUT2D eigenvalue weighted by atomic mass is 16.5. The molecule has 2 aromatic carbocycles. The molecular formula is C25H28N4O3. The average molecular weight is 433 g/mol. The third kappa shape index (κ3) is 4.34. The number of aromatic amines is 1. The van der Waals surface area contributed by atoms with Gasteiger partial charge < -0.3 is 24.5 Å². The summed E-state index contributed by atoms with van der Waals surface area (Å²) >= 11 is 0. The molecule has 0 bridgehead atoms. The third-order valence-corrected chi connectivity index (χ3v) is 6.00. The Morgan fingerprint density at radius 2 is 2.03 bits per heavy atom. The highest BCUT2D eigenvalue weighted by Gasteiger charge is 2.16. The third-order valence-electron chi connectivity index (χ3n) is 6.00. The summed E-state index contributed by atoms with van der Waals surface area (Å²) in [5.74, 6) is 3.31. The Hall–Kier alpha value is -3.32. The summed E-state index contributed by atoms with van der Waals surface area (Å²) in [5.41, 5.74) is 2.95. The Morgan fingerprint density at radius 3 is 2.88 bits per heavy atom. The maximum Gasteiger partial charge on any atom is 0.230 e. The summed E-state index contributed by atoms with van der Waals surface area (Å²) in [6.07, 6.45) is 4.97. The maximum absolute atomic E-state index is 6.14. The number of fused-ring (bicyclic) bond motifs is 2. The SMILES string of the molecule is COc1cc2c(Oc3ccc4[nH]c(C)cc4c3)ncnc2cc1OCCCC1CCNC1. The molecule has 0 radical (unpaired) electrons. The van der Waals surface area contributed by atoms with E-state index in [0.717, 1.165) is 58.7 Å². The van der Waals surface area contributed by atoms with Crippen molar-refractivity contribution in [3.05, 3.63) is 48.4 Å². The van der Waals surface area contributed by atoms with Crippen molar-refractivity contribution in [1.29, 1.82) is 0 Å². The summed E-state index contributed by atoms with van der Waals surface area (Å²) in [7, 11) is 1.64. The first kappa shape index (κ1) is 20.6. The van der Waals surface area contributed by atoms with Gasteiger partial charge in [-0.3, -0.25) is 0 Å². The van der Waals surface area contributed by atoms with Crippen LogP contribution in [0.1, 0.15) is 25.0 Å². The lowest BCUT2D eigenvalue weighted by molar-refractivity contribution is 0.278. The number of hydrogen-bond donors (Lipinski definition) is 2. The number of hydrogen-bond acceptors (Lipinski definition) is 6. The molecule has 1 fully saturated rings. The molecule has 0 amide bonds. The average Bonchev–Trinajstić information content (AvgIpc) is 3.44. The van der Waals surface area contributed by atoms with Crippen LogP contribution in [0.3, 0.4) is 0 Å². The van der Waals surface area contributed by atoms with E-state index in [9.17, 15) is 0 Å². The lowest BCUT2D eigenvalue weighted by Crippen LogP contribution is -2.10. The van der Waals surface area contributed by atoms with Gasteiger partial charge in [0.05, 0.1) is 24.6 Å². The van der Waals surface area contributed by atoms with E-state index in [-0.39, 0.29) is 0 Å². The molecule has 4 aromatic rings. The van der Waals surface area contributed by atoms with Gasteiger partial charge in [-0.05, 0) is 75.5 Å². The number of nitrogens with one attached hydrogen (secondary N) is 2. The molecule has 32 heavy (non-hydrogen) atoms. The van der Waals surface area contributed by atoms with Crippen LogP contribution in [0.5, 0.6) is 23.1 Å². The van der Waals surface area contributed by atoms with Crippen molar-refractivity contribution >= 4 is 21.8 Å². The lowest BCUT2D eigenvalue weighted by Gasteiger charge is -2.14. The van der Waals surface area contributed by atoms with Gasteiger partial charge in [0.25, 0.3) is 0 Å². The predicted molar refractivity (Wildman–Crippen MR) is 125 cm³/mol. The molecule has 1 unspecified atom stereocenters. The number of aryl methyl sites for hydroxylation is 1. The zero-order valence-electron chi connectivity index (χ0n) is 18.5. The van der Waals surface area contributed by atoms with E-state index in [2.05, 4.69) is 26.3 Å². The van der Waals surface area contributed by atoms with Crippen LogP contribution < -0.4 is 19.5 Å². The van der Waals surface area contributed by atoms with Gasteiger partial charge >= 0.3 is 0 Å². The van der Waals surface area contributed by atoms with Gasteiger partial charge in [0.2, 0.25) is 5.88 Å². The number of ether oxygens (including phenoxy) is 3. The minimum Gasteiger partial charge on any atom is -0.493 e. The summed E-state index contributed by atoms with van der Waals surface area (Å²) in [5, 5.41) is 5.29. The van der Waals surface area contributed by atoms with Crippen LogP contribution >= 0.6 is 0 Å². The van der Waals surface area contributed by atoms with Crippen molar-refractivity contribution in [2.75, 3.05) is 26.8 Å². The first-order valence-corrected chi connectivity index (χ1v) is 11.1. The standard InChI is InChI=1S/C25H28N4O3/c1-16-10-18-11-19(5-6-21(18)29-16)32-25-20-12-23(30-2)24(13-22(20)27-15-28-25)31-9-3-4-17-7-8-26-14-17/h5-6,10-13,15,17,26,29H,3-4,7-9,14H2,1-2H3. The number of aromatic nitrogens is 3. The van der Waals surface area contributed by atoms with E-state index in [1.54, 1.807) is 7.11 Å². The quantitative estimate of drug-likeness (QED) is 0.382. The maximum atomic E-state index is 6.14. The molecule has 7 nitrogen and oxygen atoms in total. The molecule has 5 rings (SSSR count). The molecular weight excluding hydrogens is 404 g/mol. The van der Waals surface area contributed by atoms with E-state index in [0.29, 0.717) is 24.0 Å². The van der Waals surface area contributed by atoms with E-state index < -0.39 is 0 Å². The van der Waals surface area contributed by atoms with Crippen LogP contribution in [0.15, 0.2) is 42.7 Å². The van der Waals surface area contributed by atoms with Gasteiger partial charge in [-0.25, -0.2) is 9.97 Å². The summed E-state index contributed by atoms with van der Waals surface area (Å²) in [4.78, 5) is 12.1. The van der Waals surface area contributed by atoms with Gasteiger partial charge in [-0.1, -0.05) is 0 Å². The van der Waals surface area contributed by atoms with Gasteiger partial charge in [0.15, 0.2) is 11.5 Å². The second-order valence-electron chi connectivity index (χ2n) is 8.35. The van der Waals surface area contributed by atoms with E-state index in [4.69, 9.17) is 14.2 Å². The second kappa shape index (κ2) is 9.04. The number of nitrogens with zero attached hydrogens (tertiary/aromatic N) is 2. The summed E-state index contributed by atoms with van der Waals surface area (Å²) in [6.45, 7) is 4.95. The predicted octanol–water partition coefficient (Wildman–Crippen LogP) is 4.99. The molecule has 0 spiro atoms. The highest BCUT2D eigenvalue weighted by molar-refractivity contribution is 5.87. The fourth-order valence-electron chi connectivity index (χ4n) is 4.34. The molecule has 0 saturated carbocycles. The van der Waals surface area contributed by atoms with Crippen LogP contribution in [0.2, 0.25) is 0 Å². The number of methoxy groups -OCH3 is 1. The van der Waals surface area contributed by atoms with Gasteiger partial charge in [-0.2, -0.15) is 0 Å². The van der Waals surface area contributed by atoms with Gasteiger partial charge in [0.1, 0.15) is 12.1 Å². The molecule has 7 heteroatoms. The highest BCUT2D eigenvalue weighted by Crippen LogP contribution is 2.36. The van der Waals surface area contributed by atoms with E-state index in [1.165, 1.54) is 19.2 Å². The summed E-state index contributed by atoms with van der Waals surface area (Å²) in [6, 6.07) is 11.8. The molecule has 2 aromatic heterocycles. The smallest absolute Gasteiger partial charge is 0.230 e. The molecule has 1 atom stereocenters. The molecule has 3 heterocycles. The van der Waals surface area contributed by atoms with Crippen LogP contribution in [0.4, 0.5) is 0 Å². The van der Waals surface area contributed by atoms with Gasteiger partial charge in [-0.15, -0.1) is 0 Å². The van der Waals surface area contributed by atoms with E-state index in [1.807, 2.05) is 37.3 Å². The fraction of sp³-hybridized carbons (Fsp3) is 0.360. The largest absolute Gasteiger partial charge is 0.493 e. The Bertz CT molecular complexity index is 1230. The minimum absolute atomic E-state index is 0.486. The number of rotatable bonds is 8. The fourth-order valence-corrected chi connectivity index (χ4v) is 4.34. The van der Waals surface area contributed by atoms with Crippen LogP contribution in [0, 0.1) is 12.8 Å². The molecule has 166 valence electrons. The second-order valence-corrected chi connectivity index (χ2v) is 8.35. The Morgan fingerprint density at radius 1 is 1.09 bits per heavy atom. The zero-order chi connectivity index (χ0) is 21.9. The Labute approximate surface area is 187 Å². The molecule has 1 saturated heterocycles. The first-order chi connectivity index (χ1) is 15.7. The van der Waals surface area contributed by atoms with Crippen molar-refractivity contribution in [3.63, 3.8) is 0 Å². The number of H-pyrrole nitrogens is 1. The number of benzene rings is 2. The van der Waals surface area contributed by atoms with Crippen LogP contribution in [-0.2, 0) is 0 Å². The van der Waals surface area contributed by atoms with Crippen molar-refractivity contribution in [1.82, 2.24) is 20.3 Å². The van der Waals surface area contributed by atoms with Crippen molar-refractivity contribution in [2.45, 2.75) is 26.2 Å². The van der Waals surface area contributed by atoms with Gasteiger partial charge in [0, 0.05) is 22.7 Å². The molecule has 2 N–H and O–H groups in total. The van der Waals surface area contributed by atoms with Crippen molar-refractivity contribution in [2.24, 2.45) is 5.92 Å². The van der Waals surface area contributed by atoms with Crippen LogP contribution in [-0.4, -0.2) is 41.8 Å².